The molecule has 0 radical (unpaired) electrons. The third-order valence-corrected chi connectivity index (χ3v) is 3.55. The van der Waals surface area contributed by atoms with Crippen LogP contribution in [-0.2, 0) is 0 Å². The molecule has 0 bridgehead atoms. The van der Waals surface area contributed by atoms with Crippen molar-refractivity contribution >= 4 is 43.5 Å². The van der Waals surface area contributed by atoms with Crippen molar-refractivity contribution in [2.75, 3.05) is 0 Å². The lowest BCUT2D eigenvalue weighted by atomic mass is 10.3. The zero-order valence-electron chi connectivity index (χ0n) is 8.58. The lowest BCUT2D eigenvalue weighted by Crippen LogP contribution is -2.28. The number of halogens is 3. The monoisotopic (exact) mass is 394 g/mol. The SMILES string of the molecule is O=c1cc(O)n(-c2c(Br)cc(Cl)cc2Br)c(=O)[nH]1. The van der Waals surface area contributed by atoms with Crippen molar-refractivity contribution in [1.29, 1.82) is 0 Å². The minimum Gasteiger partial charge on any atom is -0.494 e. The Kier molecular flexibility index (Phi) is 3.65. The predicted molar refractivity (Wildman–Crippen MR) is 74.7 cm³/mol. The van der Waals surface area contributed by atoms with Gasteiger partial charge in [-0.1, -0.05) is 11.6 Å². The summed E-state index contributed by atoms with van der Waals surface area (Å²) in [6.07, 6.45) is 0. The van der Waals surface area contributed by atoms with E-state index in [1.54, 1.807) is 12.1 Å². The van der Waals surface area contributed by atoms with Gasteiger partial charge in [0.25, 0.3) is 5.56 Å². The molecule has 0 aliphatic heterocycles. The quantitative estimate of drug-likeness (QED) is 0.777. The number of H-pyrrole nitrogens is 1. The molecule has 0 aliphatic rings. The second-order valence-corrected chi connectivity index (χ2v) is 5.50. The molecule has 8 heteroatoms. The summed E-state index contributed by atoms with van der Waals surface area (Å²) in [5, 5.41) is 10.2. The van der Waals surface area contributed by atoms with Crippen molar-refractivity contribution in [3.05, 3.63) is 53.0 Å². The number of benzene rings is 1. The van der Waals surface area contributed by atoms with Crippen molar-refractivity contribution in [2.24, 2.45) is 0 Å². The Morgan fingerprint density at radius 1 is 1.17 bits per heavy atom. The van der Waals surface area contributed by atoms with Crippen molar-refractivity contribution in [2.45, 2.75) is 0 Å². The maximum atomic E-state index is 11.7. The average molecular weight is 396 g/mol. The Bertz CT molecular complexity index is 716. The molecule has 0 amide bonds. The molecule has 5 nitrogen and oxygen atoms in total. The molecule has 0 saturated carbocycles. The van der Waals surface area contributed by atoms with Gasteiger partial charge in [-0.25, -0.2) is 9.36 Å². The summed E-state index contributed by atoms with van der Waals surface area (Å²) in [6.45, 7) is 0. The highest BCUT2D eigenvalue weighted by Crippen LogP contribution is 2.33. The maximum absolute atomic E-state index is 11.7. The highest BCUT2D eigenvalue weighted by atomic mass is 79.9. The van der Waals surface area contributed by atoms with Crippen molar-refractivity contribution in [3.8, 4) is 11.6 Å². The van der Waals surface area contributed by atoms with E-state index in [1.807, 2.05) is 0 Å². The van der Waals surface area contributed by atoms with E-state index in [1.165, 1.54) is 0 Å². The fourth-order valence-corrected chi connectivity index (χ4v) is 3.47. The minimum absolute atomic E-state index is 0.346. The van der Waals surface area contributed by atoms with Crippen LogP contribution in [0.15, 0.2) is 36.7 Å². The van der Waals surface area contributed by atoms with Crippen molar-refractivity contribution in [1.82, 2.24) is 9.55 Å². The van der Waals surface area contributed by atoms with E-state index in [0.717, 1.165) is 10.6 Å². The molecule has 2 rings (SSSR count). The molecule has 2 aromatic rings. The van der Waals surface area contributed by atoms with Gasteiger partial charge in [0.1, 0.15) is 0 Å². The molecule has 0 spiro atoms. The molecule has 1 aromatic heterocycles. The van der Waals surface area contributed by atoms with Gasteiger partial charge in [-0.15, -0.1) is 0 Å². The molecule has 0 atom stereocenters. The van der Waals surface area contributed by atoms with Crippen LogP contribution in [0.25, 0.3) is 5.69 Å². The zero-order valence-corrected chi connectivity index (χ0v) is 12.5. The van der Waals surface area contributed by atoms with E-state index < -0.39 is 17.1 Å². The van der Waals surface area contributed by atoms with E-state index in [4.69, 9.17) is 11.6 Å². The highest BCUT2D eigenvalue weighted by Gasteiger charge is 2.14. The second-order valence-electron chi connectivity index (χ2n) is 3.35. The summed E-state index contributed by atoms with van der Waals surface area (Å²) >= 11 is 12.3. The van der Waals surface area contributed by atoms with Crippen LogP contribution in [-0.4, -0.2) is 14.7 Å². The van der Waals surface area contributed by atoms with Crippen LogP contribution < -0.4 is 11.2 Å². The number of aromatic hydroxyl groups is 1. The van der Waals surface area contributed by atoms with Gasteiger partial charge in [-0.3, -0.25) is 9.78 Å². The van der Waals surface area contributed by atoms with E-state index in [-0.39, 0.29) is 0 Å². The first-order valence-electron chi connectivity index (χ1n) is 4.60. The number of hydrogen-bond donors (Lipinski definition) is 2. The van der Waals surface area contributed by atoms with Crippen molar-refractivity contribution in [3.63, 3.8) is 0 Å². The number of aromatic amines is 1. The van der Waals surface area contributed by atoms with E-state index in [9.17, 15) is 14.7 Å². The first-order valence-corrected chi connectivity index (χ1v) is 6.57. The maximum Gasteiger partial charge on any atom is 0.335 e. The molecule has 94 valence electrons. The lowest BCUT2D eigenvalue weighted by molar-refractivity contribution is 0.430. The van der Waals surface area contributed by atoms with Gasteiger partial charge in [0.05, 0.1) is 11.8 Å². The van der Waals surface area contributed by atoms with Gasteiger partial charge in [-0.05, 0) is 44.0 Å². The summed E-state index contributed by atoms with van der Waals surface area (Å²) in [4.78, 5) is 24.8. The van der Waals surface area contributed by atoms with Crippen LogP contribution in [0.4, 0.5) is 0 Å². The average Bonchev–Trinajstić information content (AvgIpc) is 2.20. The van der Waals surface area contributed by atoms with Crippen LogP contribution in [0, 0.1) is 0 Å². The molecule has 1 heterocycles. The Balaban J connectivity index is 2.86. The lowest BCUT2D eigenvalue weighted by Gasteiger charge is -2.11. The molecular weight excluding hydrogens is 391 g/mol. The smallest absolute Gasteiger partial charge is 0.335 e. The molecule has 1 aromatic carbocycles. The van der Waals surface area contributed by atoms with Gasteiger partial charge in [-0.2, -0.15) is 0 Å². The number of nitrogens with zero attached hydrogens (tertiary/aromatic N) is 1. The summed E-state index contributed by atoms with van der Waals surface area (Å²) in [7, 11) is 0. The van der Waals surface area contributed by atoms with Gasteiger partial charge in [0.2, 0.25) is 5.88 Å². The van der Waals surface area contributed by atoms with Gasteiger partial charge in [0.15, 0.2) is 0 Å². The molecule has 18 heavy (non-hydrogen) atoms. The van der Waals surface area contributed by atoms with Crippen molar-refractivity contribution < 1.29 is 5.11 Å². The van der Waals surface area contributed by atoms with Crippen LogP contribution >= 0.6 is 43.5 Å². The topological polar surface area (TPSA) is 75.1 Å². The molecule has 2 N–H and O–H groups in total. The van der Waals surface area contributed by atoms with Crippen LogP contribution in [0.3, 0.4) is 0 Å². The molecular formula is C10H5Br2ClN2O3. The van der Waals surface area contributed by atoms with Crippen LogP contribution in [0.5, 0.6) is 5.88 Å². The van der Waals surface area contributed by atoms with Gasteiger partial charge >= 0.3 is 5.69 Å². The minimum atomic E-state index is -0.747. The van der Waals surface area contributed by atoms with E-state index >= 15 is 0 Å². The second kappa shape index (κ2) is 4.91. The van der Waals surface area contributed by atoms with Gasteiger partial charge in [0, 0.05) is 14.0 Å². The van der Waals surface area contributed by atoms with E-state index in [2.05, 4.69) is 36.8 Å². The molecule has 0 fully saturated rings. The molecule has 0 saturated heterocycles. The van der Waals surface area contributed by atoms with Crippen LogP contribution in [0.1, 0.15) is 0 Å². The first kappa shape index (κ1) is 13.4. The standard InChI is InChI=1S/C10H5Br2ClN2O3/c11-5-1-4(13)2-6(12)9(5)15-8(17)3-7(16)14-10(15)18/h1-3,17H,(H,14,16,18). The zero-order chi connectivity index (χ0) is 13.4. The Hall–Kier alpha value is -1.05. The van der Waals surface area contributed by atoms with Gasteiger partial charge < -0.3 is 5.11 Å². The summed E-state index contributed by atoms with van der Waals surface area (Å²) in [5.74, 6) is -0.465. The number of nitrogens with one attached hydrogen (secondary N) is 1. The normalized spacial score (nSPS) is 10.6. The Morgan fingerprint density at radius 3 is 2.22 bits per heavy atom. The highest BCUT2D eigenvalue weighted by molar-refractivity contribution is 9.11. The third kappa shape index (κ3) is 2.38. The first-order chi connectivity index (χ1) is 8.40. The summed E-state index contributed by atoms with van der Waals surface area (Å²) < 4.78 is 1.93. The Morgan fingerprint density at radius 2 is 1.72 bits per heavy atom. The largest absolute Gasteiger partial charge is 0.494 e. The summed E-state index contributed by atoms with van der Waals surface area (Å²) in [6, 6.07) is 4.05. The summed E-state index contributed by atoms with van der Waals surface area (Å²) in [5.41, 5.74) is -1.07. The van der Waals surface area contributed by atoms with Crippen LogP contribution in [0.2, 0.25) is 5.02 Å². The third-order valence-electron chi connectivity index (χ3n) is 2.13. The fourth-order valence-electron chi connectivity index (χ4n) is 1.45. The number of rotatable bonds is 1. The number of hydrogen-bond acceptors (Lipinski definition) is 3. The number of aromatic nitrogens is 2. The predicted octanol–water partition coefficient (Wildman–Crippen LogP) is 2.41. The fraction of sp³-hybridized carbons (Fsp3) is 0. The Labute approximate surface area is 122 Å². The van der Waals surface area contributed by atoms with E-state index in [0.29, 0.717) is 19.7 Å². The molecule has 0 aliphatic carbocycles. The molecule has 0 unspecified atom stereocenters.